The minimum Gasteiger partial charge on any atom is -0.481 e. The van der Waals surface area contributed by atoms with Crippen molar-refractivity contribution in [1.29, 1.82) is 0 Å². The summed E-state index contributed by atoms with van der Waals surface area (Å²) in [5.41, 5.74) is 0. The van der Waals surface area contributed by atoms with Crippen LogP contribution in [-0.4, -0.2) is 16.9 Å². The Kier molecular flexibility index (Phi) is 5.34. The van der Waals surface area contributed by atoms with E-state index in [1.165, 1.54) is 0 Å². The molecule has 3 nitrogen and oxygen atoms in total. The van der Waals surface area contributed by atoms with Crippen LogP contribution in [-0.2, 0) is 9.59 Å². The number of carbonyl (C=O) groups is 2. The van der Waals surface area contributed by atoms with Crippen LogP contribution in [0, 0.1) is 5.92 Å². The Morgan fingerprint density at radius 1 is 1.25 bits per heavy atom. The summed E-state index contributed by atoms with van der Waals surface area (Å²) in [5, 5.41) is 8.68. The number of aliphatic carboxylic acids is 1. The van der Waals surface area contributed by atoms with Crippen LogP contribution in [0.3, 0.4) is 0 Å². The SMILES string of the molecule is CCCC(=O)C(CCC)C(=O)O. The first-order chi connectivity index (χ1) is 5.63. The van der Waals surface area contributed by atoms with Gasteiger partial charge < -0.3 is 5.11 Å². The summed E-state index contributed by atoms with van der Waals surface area (Å²) >= 11 is 0. The van der Waals surface area contributed by atoms with E-state index in [0.717, 1.165) is 12.8 Å². The molecule has 70 valence electrons. The summed E-state index contributed by atoms with van der Waals surface area (Å²) in [6.45, 7) is 3.76. The number of Topliss-reactive ketones (excluding diaryl/α,β-unsaturated/α-hetero) is 1. The molecule has 0 saturated heterocycles. The van der Waals surface area contributed by atoms with Crippen LogP contribution < -0.4 is 0 Å². The van der Waals surface area contributed by atoms with Crippen molar-refractivity contribution in [2.45, 2.75) is 39.5 Å². The summed E-state index contributed by atoms with van der Waals surface area (Å²) in [5.74, 6) is -1.88. The Morgan fingerprint density at radius 3 is 2.17 bits per heavy atom. The van der Waals surface area contributed by atoms with E-state index in [2.05, 4.69) is 0 Å². The van der Waals surface area contributed by atoms with Gasteiger partial charge in [-0.05, 0) is 12.8 Å². The van der Waals surface area contributed by atoms with Crippen molar-refractivity contribution < 1.29 is 14.7 Å². The van der Waals surface area contributed by atoms with Crippen molar-refractivity contribution in [2.75, 3.05) is 0 Å². The van der Waals surface area contributed by atoms with Gasteiger partial charge in [-0.3, -0.25) is 9.59 Å². The summed E-state index contributed by atoms with van der Waals surface area (Å²) in [7, 11) is 0. The van der Waals surface area contributed by atoms with E-state index >= 15 is 0 Å². The zero-order valence-electron chi connectivity index (χ0n) is 7.67. The van der Waals surface area contributed by atoms with Crippen LogP contribution in [0.2, 0.25) is 0 Å². The molecule has 0 saturated carbocycles. The Bertz CT molecular complexity index is 163. The topological polar surface area (TPSA) is 54.4 Å². The number of ketones is 1. The number of hydrogen-bond acceptors (Lipinski definition) is 2. The van der Waals surface area contributed by atoms with E-state index in [-0.39, 0.29) is 5.78 Å². The van der Waals surface area contributed by atoms with Gasteiger partial charge >= 0.3 is 5.97 Å². The van der Waals surface area contributed by atoms with Crippen LogP contribution in [0.1, 0.15) is 39.5 Å². The third-order valence-electron chi connectivity index (χ3n) is 1.76. The van der Waals surface area contributed by atoms with Crippen LogP contribution in [0.25, 0.3) is 0 Å². The lowest BCUT2D eigenvalue weighted by Gasteiger charge is -2.08. The first-order valence-electron chi connectivity index (χ1n) is 4.39. The lowest BCUT2D eigenvalue weighted by atomic mass is 9.96. The Labute approximate surface area is 72.8 Å². The number of carboxylic acid groups (broad SMARTS) is 1. The molecule has 12 heavy (non-hydrogen) atoms. The Balaban J connectivity index is 4.09. The molecule has 0 aromatic carbocycles. The quantitative estimate of drug-likeness (QED) is 0.622. The molecule has 0 bridgehead atoms. The van der Waals surface area contributed by atoms with E-state index in [1.807, 2.05) is 13.8 Å². The van der Waals surface area contributed by atoms with E-state index in [9.17, 15) is 9.59 Å². The third-order valence-corrected chi connectivity index (χ3v) is 1.76. The molecule has 0 aliphatic rings. The van der Waals surface area contributed by atoms with Crippen LogP contribution in [0.4, 0.5) is 0 Å². The molecular formula is C9H16O3. The molecule has 0 aliphatic carbocycles. The van der Waals surface area contributed by atoms with Crippen LogP contribution >= 0.6 is 0 Å². The zero-order valence-corrected chi connectivity index (χ0v) is 7.67. The average molecular weight is 172 g/mol. The molecule has 1 atom stereocenters. The van der Waals surface area contributed by atoms with Crippen LogP contribution in [0.5, 0.6) is 0 Å². The summed E-state index contributed by atoms with van der Waals surface area (Å²) < 4.78 is 0. The fraction of sp³-hybridized carbons (Fsp3) is 0.778. The maximum absolute atomic E-state index is 11.2. The van der Waals surface area contributed by atoms with Gasteiger partial charge in [-0.15, -0.1) is 0 Å². The first-order valence-corrected chi connectivity index (χ1v) is 4.39. The maximum atomic E-state index is 11.2. The lowest BCUT2D eigenvalue weighted by molar-refractivity contribution is -0.146. The molecule has 0 heterocycles. The van der Waals surface area contributed by atoms with Crippen molar-refractivity contribution in [1.82, 2.24) is 0 Å². The van der Waals surface area contributed by atoms with E-state index in [1.54, 1.807) is 0 Å². The summed E-state index contributed by atoms with van der Waals surface area (Å²) in [6.07, 6.45) is 2.32. The van der Waals surface area contributed by atoms with Gasteiger partial charge in [0, 0.05) is 6.42 Å². The molecule has 0 fully saturated rings. The number of carbonyl (C=O) groups excluding carboxylic acids is 1. The van der Waals surface area contributed by atoms with Gasteiger partial charge in [-0.1, -0.05) is 20.3 Å². The summed E-state index contributed by atoms with van der Waals surface area (Å²) in [6, 6.07) is 0. The highest BCUT2D eigenvalue weighted by molar-refractivity contribution is 5.98. The largest absolute Gasteiger partial charge is 0.481 e. The van der Waals surface area contributed by atoms with Crippen molar-refractivity contribution in [3.8, 4) is 0 Å². The number of rotatable bonds is 6. The monoisotopic (exact) mass is 172 g/mol. The van der Waals surface area contributed by atoms with Gasteiger partial charge in [-0.2, -0.15) is 0 Å². The average Bonchev–Trinajstić information content (AvgIpc) is 1.99. The molecule has 1 N–H and O–H groups in total. The van der Waals surface area contributed by atoms with E-state index in [0.29, 0.717) is 12.8 Å². The second-order valence-corrected chi connectivity index (χ2v) is 2.90. The van der Waals surface area contributed by atoms with Crippen LogP contribution in [0.15, 0.2) is 0 Å². The van der Waals surface area contributed by atoms with Crippen molar-refractivity contribution in [3.05, 3.63) is 0 Å². The number of hydrogen-bond donors (Lipinski definition) is 1. The summed E-state index contributed by atoms with van der Waals surface area (Å²) in [4.78, 5) is 21.8. The van der Waals surface area contributed by atoms with Crippen molar-refractivity contribution in [3.63, 3.8) is 0 Å². The van der Waals surface area contributed by atoms with Gasteiger partial charge in [0.05, 0.1) is 0 Å². The first kappa shape index (κ1) is 11.1. The van der Waals surface area contributed by atoms with Gasteiger partial charge in [0.15, 0.2) is 0 Å². The van der Waals surface area contributed by atoms with Crippen molar-refractivity contribution in [2.24, 2.45) is 5.92 Å². The fourth-order valence-corrected chi connectivity index (χ4v) is 1.13. The van der Waals surface area contributed by atoms with Crippen molar-refractivity contribution >= 4 is 11.8 Å². The molecule has 0 aromatic heterocycles. The smallest absolute Gasteiger partial charge is 0.314 e. The second-order valence-electron chi connectivity index (χ2n) is 2.90. The van der Waals surface area contributed by atoms with E-state index < -0.39 is 11.9 Å². The highest BCUT2D eigenvalue weighted by atomic mass is 16.4. The minimum absolute atomic E-state index is 0.133. The highest BCUT2D eigenvalue weighted by Gasteiger charge is 2.23. The van der Waals surface area contributed by atoms with Gasteiger partial charge in [-0.25, -0.2) is 0 Å². The molecule has 0 amide bonds. The molecular weight excluding hydrogens is 156 g/mol. The molecule has 0 radical (unpaired) electrons. The normalized spacial score (nSPS) is 12.5. The lowest BCUT2D eigenvalue weighted by Crippen LogP contribution is -2.23. The molecule has 0 spiro atoms. The fourth-order valence-electron chi connectivity index (χ4n) is 1.13. The van der Waals surface area contributed by atoms with Gasteiger partial charge in [0.25, 0.3) is 0 Å². The molecule has 1 unspecified atom stereocenters. The predicted octanol–water partition coefficient (Wildman–Crippen LogP) is 1.86. The zero-order chi connectivity index (χ0) is 9.56. The predicted molar refractivity (Wildman–Crippen MR) is 45.9 cm³/mol. The Hall–Kier alpha value is -0.860. The van der Waals surface area contributed by atoms with Gasteiger partial charge in [0.1, 0.15) is 11.7 Å². The van der Waals surface area contributed by atoms with Gasteiger partial charge in [0.2, 0.25) is 0 Å². The Morgan fingerprint density at radius 2 is 1.83 bits per heavy atom. The molecule has 0 aliphatic heterocycles. The maximum Gasteiger partial charge on any atom is 0.314 e. The highest BCUT2D eigenvalue weighted by Crippen LogP contribution is 2.11. The molecule has 0 aromatic rings. The third kappa shape index (κ3) is 3.51. The molecule has 3 heteroatoms. The van der Waals surface area contributed by atoms with E-state index in [4.69, 9.17) is 5.11 Å². The second kappa shape index (κ2) is 5.75. The number of carboxylic acids is 1. The standard InChI is InChI=1S/C9H16O3/c1-3-5-7(9(11)12)8(10)6-4-2/h7H,3-6H2,1-2H3,(H,11,12). The minimum atomic E-state index is -0.977. The molecule has 0 rings (SSSR count).